The van der Waals surface area contributed by atoms with Crippen molar-refractivity contribution in [2.75, 3.05) is 13.8 Å². The molecule has 4 nitrogen and oxygen atoms in total. The van der Waals surface area contributed by atoms with Gasteiger partial charge in [0.05, 0.1) is 6.04 Å². The summed E-state index contributed by atoms with van der Waals surface area (Å²) < 4.78 is 10.6. The molecule has 0 radical (unpaired) electrons. The Morgan fingerprint density at radius 1 is 1.13 bits per heavy atom. The van der Waals surface area contributed by atoms with Crippen LogP contribution in [0.25, 0.3) is 6.08 Å². The molecule has 0 saturated heterocycles. The summed E-state index contributed by atoms with van der Waals surface area (Å²) in [5, 5.41) is 0. The van der Waals surface area contributed by atoms with E-state index in [0.717, 1.165) is 16.9 Å². The van der Waals surface area contributed by atoms with E-state index in [4.69, 9.17) is 9.47 Å². The third kappa shape index (κ3) is 3.37. The molecule has 0 bridgehead atoms. The van der Waals surface area contributed by atoms with Crippen LogP contribution in [0.4, 0.5) is 0 Å². The third-order valence-electron chi connectivity index (χ3n) is 4.03. The van der Waals surface area contributed by atoms with Crippen molar-refractivity contribution in [2.45, 2.75) is 13.0 Å². The molecule has 0 aliphatic carbocycles. The van der Waals surface area contributed by atoms with Crippen molar-refractivity contribution in [3.8, 4) is 11.5 Å². The number of hydrogen-bond donors (Lipinski definition) is 0. The number of carbonyl (C=O) groups is 1. The van der Waals surface area contributed by atoms with E-state index in [1.54, 1.807) is 17.1 Å². The molecule has 0 saturated carbocycles. The highest BCUT2D eigenvalue weighted by atomic mass is 16.7. The predicted octanol–water partition coefficient (Wildman–Crippen LogP) is 3.65. The molecular formula is C19H19NO3. The van der Waals surface area contributed by atoms with Gasteiger partial charge in [-0.1, -0.05) is 36.4 Å². The molecule has 0 aromatic heterocycles. The Bertz CT molecular complexity index is 725. The number of hydrogen-bond acceptors (Lipinski definition) is 3. The second-order valence-electron chi connectivity index (χ2n) is 5.48. The zero-order chi connectivity index (χ0) is 16.2. The Morgan fingerprint density at radius 3 is 2.65 bits per heavy atom. The average molecular weight is 309 g/mol. The van der Waals surface area contributed by atoms with Crippen LogP contribution in [0.3, 0.4) is 0 Å². The maximum absolute atomic E-state index is 12.3. The van der Waals surface area contributed by atoms with E-state index >= 15 is 0 Å². The van der Waals surface area contributed by atoms with E-state index in [1.165, 1.54) is 0 Å². The molecule has 1 amide bonds. The first-order chi connectivity index (χ1) is 11.1. The highest BCUT2D eigenvalue weighted by molar-refractivity contribution is 5.92. The number of rotatable bonds is 4. The fraction of sp³-hybridized carbons (Fsp3) is 0.211. The minimum atomic E-state index is -0.0426. The van der Waals surface area contributed by atoms with Gasteiger partial charge in [-0.3, -0.25) is 4.79 Å². The van der Waals surface area contributed by atoms with E-state index in [0.29, 0.717) is 5.75 Å². The number of nitrogens with zero attached hydrogens (tertiary/aromatic N) is 1. The Balaban J connectivity index is 1.68. The lowest BCUT2D eigenvalue weighted by molar-refractivity contribution is -0.126. The van der Waals surface area contributed by atoms with Crippen LogP contribution in [0.5, 0.6) is 11.5 Å². The summed E-state index contributed by atoms with van der Waals surface area (Å²) in [6, 6.07) is 15.6. The number of carbonyl (C=O) groups excluding carboxylic acids is 1. The van der Waals surface area contributed by atoms with Gasteiger partial charge in [-0.2, -0.15) is 0 Å². The summed E-state index contributed by atoms with van der Waals surface area (Å²) in [5.41, 5.74) is 2.02. The van der Waals surface area contributed by atoms with Crippen LogP contribution < -0.4 is 9.47 Å². The summed E-state index contributed by atoms with van der Waals surface area (Å²) in [5.74, 6) is 1.41. The minimum Gasteiger partial charge on any atom is -0.454 e. The van der Waals surface area contributed by atoms with Crippen molar-refractivity contribution in [2.24, 2.45) is 0 Å². The maximum Gasteiger partial charge on any atom is 0.246 e. The van der Waals surface area contributed by atoms with Gasteiger partial charge in [0.15, 0.2) is 11.5 Å². The second-order valence-corrected chi connectivity index (χ2v) is 5.48. The van der Waals surface area contributed by atoms with E-state index in [1.807, 2.05) is 62.5 Å². The van der Waals surface area contributed by atoms with Crippen molar-refractivity contribution in [3.05, 3.63) is 65.7 Å². The van der Waals surface area contributed by atoms with E-state index in [2.05, 4.69) is 0 Å². The van der Waals surface area contributed by atoms with Crippen LogP contribution in [-0.4, -0.2) is 24.6 Å². The van der Waals surface area contributed by atoms with E-state index < -0.39 is 0 Å². The average Bonchev–Trinajstić information content (AvgIpc) is 3.06. The molecule has 118 valence electrons. The highest BCUT2D eigenvalue weighted by Crippen LogP contribution is 2.32. The molecule has 0 fully saturated rings. The Kier molecular flexibility index (Phi) is 4.33. The molecular weight excluding hydrogens is 290 g/mol. The van der Waals surface area contributed by atoms with Gasteiger partial charge in [0.25, 0.3) is 0 Å². The first kappa shape index (κ1) is 15.2. The minimum absolute atomic E-state index is 0.0186. The van der Waals surface area contributed by atoms with Gasteiger partial charge in [0.1, 0.15) is 0 Å². The largest absolute Gasteiger partial charge is 0.454 e. The normalized spacial score (nSPS) is 14.0. The van der Waals surface area contributed by atoms with Gasteiger partial charge in [-0.05, 0) is 36.3 Å². The zero-order valence-electron chi connectivity index (χ0n) is 13.2. The summed E-state index contributed by atoms with van der Waals surface area (Å²) in [6.45, 7) is 2.26. The topological polar surface area (TPSA) is 38.8 Å². The van der Waals surface area contributed by atoms with Crippen LogP contribution >= 0.6 is 0 Å². The number of fused-ring (bicyclic) bond motifs is 1. The van der Waals surface area contributed by atoms with Crippen LogP contribution in [0.2, 0.25) is 0 Å². The Hall–Kier alpha value is -2.75. The molecule has 2 aromatic rings. The predicted molar refractivity (Wildman–Crippen MR) is 89.2 cm³/mol. The molecule has 0 N–H and O–H groups in total. The van der Waals surface area contributed by atoms with Gasteiger partial charge in [-0.25, -0.2) is 0 Å². The summed E-state index contributed by atoms with van der Waals surface area (Å²) in [4.78, 5) is 14.1. The monoisotopic (exact) mass is 309 g/mol. The highest BCUT2D eigenvalue weighted by Gasteiger charge is 2.15. The first-order valence-electron chi connectivity index (χ1n) is 7.54. The molecule has 23 heavy (non-hydrogen) atoms. The van der Waals surface area contributed by atoms with Crippen molar-refractivity contribution in [3.63, 3.8) is 0 Å². The first-order valence-corrected chi connectivity index (χ1v) is 7.54. The van der Waals surface area contributed by atoms with E-state index in [-0.39, 0.29) is 18.7 Å². The molecule has 1 aliphatic heterocycles. The number of likely N-dealkylation sites (N-methyl/N-ethyl adjacent to an activating group) is 1. The molecule has 4 heteroatoms. The van der Waals surface area contributed by atoms with Crippen molar-refractivity contribution >= 4 is 12.0 Å². The van der Waals surface area contributed by atoms with Gasteiger partial charge in [0.2, 0.25) is 12.7 Å². The van der Waals surface area contributed by atoms with Crippen molar-refractivity contribution in [1.82, 2.24) is 4.90 Å². The molecule has 3 rings (SSSR count). The molecule has 1 atom stereocenters. The summed E-state index contributed by atoms with van der Waals surface area (Å²) >= 11 is 0. The van der Waals surface area contributed by atoms with Crippen molar-refractivity contribution < 1.29 is 14.3 Å². The van der Waals surface area contributed by atoms with Crippen LogP contribution in [-0.2, 0) is 4.79 Å². The van der Waals surface area contributed by atoms with Crippen molar-refractivity contribution in [1.29, 1.82) is 0 Å². The molecule has 0 spiro atoms. The number of benzene rings is 2. The van der Waals surface area contributed by atoms with Gasteiger partial charge >= 0.3 is 0 Å². The van der Waals surface area contributed by atoms with Crippen LogP contribution in [0.15, 0.2) is 54.6 Å². The third-order valence-corrected chi connectivity index (χ3v) is 4.03. The summed E-state index contributed by atoms with van der Waals surface area (Å²) in [6.07, 6.45) is 3.37. The Morgan fingerprint density at radius 2 is 1.87 bits per heavy atom. The van der Waals surface area contributed by atoms with Gasteiger partial charge in [-0.15, -0.1) is 0 Å². The van der Waals surface area contributed by atoms with Gasteiger partial charge in [0, 0.05) is 13.1 Å². The van der Waals surface area contributed by atoms with Crippen LogP contribution in [0.1, 0.15) is 24.1 Å². The fourth-order valence-corrected chi connectivity index (χ4v) is 2.45. The molecule has 1 heterocycles. The van der Waals surface area contributed by atoms with E-state index in [9.17, 15) is 4.79 Å². The molecule has 2 aromatic carbocycles. The Labute approximate surface area is 135 Å². The lowest BCUT2D eigenvalue weighted by Crippen LogP contribution is -2.27. The SMILES string of the molecule is CC(c1ccccc1)N(C)C(=O)C=Cc1ccc2c(c1)OCO2. The quantitative estimate of drug-likeness (QED) is 0.809. The zero-order valence-corrected chi connectivity index (χ0v) is 13.2. The smallest absolute Gasteiger partial charge is 0.246 e. The molecule has 1 unspecified atom stereocenters. The number of ether oxygens (including phenoxy) is 2. The maximum atomic E-state index is 12.3. The fourth-order valence-electron chi connectivity index (χ4n) is 2.45. The van der Waals surface area contributed by atoms with Crippen LogP contribution in [0, 0.1) is 0 Å². The standard InChI is InChI=1S/C19H19NO3/c1-14(16-6-4-3-5-7-16)20(2)19(21)11-9-15-8-10-17-18(12-15)23-13-22-17/h3-12,14H,13H2,1-2H3. The van der Waals surface area contributed by atoms with Gasteiger partial charge < -0.3 is 14.4 Å². The summed E-state index contributed by atoms with van der Waals surface area (Å²) in [7, 11) is 1.81. The number of amides is 1. The second kappa shape index (κ2) is 6.57. The molecule has 1 aliphatic rings. The lowest BCUT2D eigenvalue weighted by atomic mass is 10.1. The lowest BCUT2D eigenvalue weighted by Gasteiger charge is -2.24.